The van der Waals surface area contributed by atoms with E-state index in [2.05, 4.69) is 41.3 Å². The maximum absolute atomic E-state index is 12.4. The molecule has 2 heterocycles. The molecule has 1 saturated heterocycles. The molecule has 0 unspecified atom stereocenters. The van der Waals surface area contributed by atoms with Crippen molar-refractivity contribution in [3.05, 3.63) is 48.3 Å². The maximum atomic E-state index is 12.4. The largest absolute Gasteiger partial charge is 0.424 e. The molecule has 3 fully saturated rings. The molecular weight excluding hydrogens is 390 g/mol. The normalized spacial score (nSPS) is 33.0. The molecule has 2 aliphatic carbocycles. The van der Waals surface area contributed by atoms with Gasteiger partial charge in [-0.25, -0.2) is 9.97 Å². The van der Waals surface area contributed by atoms with Gasteiger partial charge >= 0.3 is 6.01 Å². The van der Waals surface area contributed by atoms with Gasteiger partial charge in [-0.05, 0) is 65.7 Å². The zero-order valence-electron chi connectivity index (χ0n) is 18.5. The van der Waals surface area contributed by atoms with Crippen LogP contribution in [-0.4, -0.2) is 28.5 Å². The first-order valence-corrected chi connectivity index (χ1v) is 11.4. The first-order chi connectivity index (χ1) is 14.9. The monoisotopic (exact) mass is 421 g/mol. The smallest absolute Gasteiger partial charge is 0.321 e. The van der Waals surface area contributed by atoms with E-state index in [4.69, 9.17) is 9.47 Å². The number of fused-ring (bicyclic) bond motifs is 1. The number of carbonyl (C=O) groups excluding carboxylic acids is 1. The summed E-state index contributed by atoms with van der Waals surface area (Å²) in [6.07, 6.45) is 7.20. The highest BCUT2D eigenvalue weighted by Crippen LogP contribution is 2.70. The lowest BCUT2D eigenvalue weighted by atomic mass is 9.59. The van der Waals surface area contributed by atoms with Crippen molar-refractivity contribution in [3.63, 3.8) is 0 Å². The van der Waals surface area contributed by atoms with Crippen LogP contribution in [0.1, 0.15) is 58.1 Å². The molecule has 1 aromatic heterocycles. The average Bonchev–Trinajstić information content (AvgIpc) is 3.27. The molecule has 2 bridgehead atoms. The lowest BCUT2D eigenvalue weighted by molar-refractivity contribution is -0.137. The first-order valence-electron chi connectivity index (χ1n) is 11.4. The van der Waals surface area contributed by atoms with Gasteiger partial charge in [-0.1, -0.05) is 32.9 Å². The molecule has 31 heavy (non-hydrogen) atoms. The van der Waals surface area contributed by atoms with E-state index in [1.54, 1.807) is 18.5 Å². The summed E-state index contributed by atoms with van der Waals surface area (Å²) in [7, 11) is 0. The molecule has 3 aliphatic rings. The van der Waals surface area contributed by atoms with Crippen molar-refractivity contribution in [1.29, 1.82) is 0 Å². The van der Waals surface area contributed by atoms with Crippen molar-refractivity contribution < 1.29 is 14.3 Å². The summed E-state index contributed by atoms with van der Waals surface area (Å²) in [5, 5.41) is 3.42. The van der Waals surface area contributed by atoms with Gasteiger partial charge in [0.15, 0.2) is 0 Å². The molecule has 5 atom stereocenters. The third kappa shape index (κ3) is 3.32. The summed E-state index contributed by atoms with van der Waals surface area (Å²) in [6, 6.07) is 10.4. The Morgan fingerprint density at radius 3 is 2.84 bits per heavy atom. The van der Waals surface area contributed by atoms with E-state index >= 15 is 0 Å². The number of aromatic nitrogens is 2. The molecule has 2 aromatic rings. The predicted octanol–water partition coefficient (Wildman–Crippen LogP) is 4.68. The van der Waals surface area contributed by atoms with Crippen LogP contribution in [0.3, 0.4) is 0 Å². The van der Waals surface area contributed by atoms with E-state index in [-0.39, 0.29) is 28.9 Å². The zero-order valence-corrected chi connectivity index (χ0v) is 18.5. The third-order valence-corrected chi connectivity index (χ3v) is 8.07. The number of benzene rings is 1. The van der Waals surface area contributed by atoms with E-state index in [1.165, 1.54) is 6.42 Å². The van der Waals surface area contributed by atoms with Crippen LogP contribution < -0.4 is 10.1 Å². The zero-order chi connectivity index (χ0) is 21.6. The Labute approximate surface area is 183 Å². The Hall–Kier alpha value is -2.47. The van der Waals surface area contributed by atoms with E-state index in [9.17, 15) is 4.79 Å². The fourth-order valence-corrected chi connectivity index (χ4v) is 6.58. The fraction of sp³-hybridized carbons (Fsp3) is 0.560. The Bertz CT molecular complexity index is 963. The van der Waals surface area contributed by atoms with Crippen LogP contribution in [0.2, 0.25) is 0 Å². The number of rotatable bonds is 5. The minimum Gasteiger partial charge on any atom is -0.424 e. The highest BCUT2D eigenvalue weighted by atomic mass is 16.5. The van der Waals surface area contributed by atoms with Crippen LogP contribution in [0.5, 0.6) is 11.8 Å². The molecule has 1 spiro atoms. The highest BCUT2D eigenvalue weighted by Gasteiger charge is 2.68. The van der Waals surface area contributed by atoms with Crippen LogP contribution in [-0.2, 0) is 9.53 Å². The maximum Gasteiger partial charge on any atom is 0.321 e. The highest BCUT2D eigenvalue weighted by molar-refractivity contribution is 5.76. The molecular formula is C25H31N3O3. The van der Waals surface area contributed by atoms with Crippen LogP contribution in [0.15, 0.2) is 42.7 Å². The Kier molecular flexibility index (Phi) is 5.00. The van der Waals surface area contributed by atoms with Crippen molar-refractivity contribution >= 4 is 5.91 Å². The standard InChI is InChI=1S/C25H31N3O3/c1-4-20(29)28-22-24(2,3)17-14-19-21(30-12-9-25(19,22)15-17)16-7-5-8-18(13-16)31-23-26-10-6-11-27-23/h5-8,10-11,13,17,19,21-22H,4,9,12,14-15H2,1-3H3,(H,28,29)/t17-,19-,21-,22+,25-/m1/s1. The number of ether oxygens (including phenoxy) is 2. The molecule has 6 nitrogen and oxygen atoms in total. The first kappa shape index (κ1) is 20.4. The molecule has 1 aliphatic heterocycles. The van der Waals surface area contributed by atoms with E-state index < -0.39 is 0 Å². The number of nitrogens with one attached hydrogen (secondary N) is 1. The van der Waals surface area contributed by atoms with Gasteiger partial charge in [-0.3, -0.25) is 4.79 Å². The SMILES string of the molecule is CCC(=O)N[C@H]1C(C)(C)[C@@H]2C[C@@H]3[C@@H](c4cccc(Oc5ncccn5)c4)OCC[C@@]31C2. The number of nitrogens with zero attached hydrogens (tertiary/aromatic N) is 2. The molecule has 5 rings (SSSR count). The number of hydrogen-bond donors (Lipinski definition) is 1. The van der Waals surface area contributed by atoms with Crippen molar-refractivity contribution in [2.24, 2.45) is 22.7 Å². The van der Waals surface area contributed by atoms with Gasteiger partial charge in [0.2, 0.25) is 5.91 Å². The van der Waals surface area contributed by atoms with Gasteiger partial charge in [0.25, 0.3) is 0 Å². The quantitative estimate of drug-likeness (QED) is 0.759. The number of hydrogen-bond acceptors (Lipinski definition) is 5. The number of amides is 1. The van der Waals surface area contributed by atoms with Crippen LogP contribution >= 0.6 is 0 Å². The Morgan fingerprint density at radius 2 is 2.06 bits per heavy atom. The molecule has 1 N–H and O–H groups in total. The van der Waals surface area contributed by atoms with E-state index in [0.717, 1.165) is 25.0 Å². The summed E-state index contributed by atoms with van der Waals surface area (Å²) in [5.41, 5.74) is 1.34. The molecule has 2 saturated carbocycles. The van der Waals surface area contributed by atoms with Gasteiger partial charge in [-0.15, -0.1) is 0 Å². The molecule has 1 amide bonds. The summed E-state index contributed by atoms with van der Waals surface area (Å²) in [4.78, 5) is 20.7. The second-order valence-electron chi connectivity index (χ2n) is 9.90. The predicted molar refractivity (Wildman–Crippen MR) is 117 cm³/mol. The lowest BCUT2D eigenvalue weighted by Crippen LogP contribution is -2.58. The summed E-state index contributed by atoms with van der Waals surface area (Å²) < 4.78 is 12.2. The summed E-state index contributed by atoms with van der Waals surface area (Å²) in [5.74, 6) is 1.86. The van der Waals surface area contributed by atoms with Crippen LogP contribution in [0.25, 0.3) is 0 Å². The Morgan fingerprint density at radius 1 is 1.26 bits per heavy atom. The summed E-state index contributed by atoms with van der Waals surface area (Å²) in [6.45, 7) is 7.32. The molecule has 164 valence electrons. The van der Waals surface area contributed by atoms with Gasteiger partial charge in [0, 0.05) is 31.5 Å². The van der Waals surface area contributed by atoms with Gasteiger partial charge in [0.1, 0.15) is 5.75 Å². The van der Waals surface area contributed by atoms with Gasteiger partial charge < -0.3 is 14.8 Å². The van der Waals surface area contributed by atoms with Gasteiger partial charge in [0.05, 0.1) is 6.10 Å². The second-order valence-corrected chi connectivity index (χ2v) is 9.90. The van der Waals surface area contributed by atoms with Crippen molar-refractivity contribution in [3.8, 4) is 11.8 Å². The Balaban J connectivity index is 1.44. The van der Waals surface area contributed by atoms with Crippen molar-refractivity contribution in [1.82, 2.24) is 15.3 Å². The lowest BCUT2D eigenvalue weighted by Gasteiger charge is -2.53. The van der Waals surface area contributed by atoms with Crippen molar-refractivity contribution in [2.75, 3.05) is 6.61 Å². The van der Waals surface area contributed by atoms with Crippen LogP contribution in [0.4, 0.5) is 0 Å². The molecule has 0 radical (unpaired) electrons. The minimum absolute atomic E-state index is 0.0103. The summed E-state index contributed by atoms with van der Waals surface area (Å²) >= 11 is 0. The van der Waals surface area contributed by atoms with E-state index in [1.807, 2.05) is 19.1 Å². The number of carbonyl (C=O) groups is 1. The minimum atomic E-state index is 0.0103. The van der Waals surface area contributed by atoms with Crippen molar-refractivity contribution in [2.45, 2.75) is 58.6 Å². The molecule has 6 heteroatoms. The van der Waals surface area contributed by atoms with E-state index in [0.29, 0.717) is 30.0 Å². The second kappa shape index (κ2) is 7.59. The topological polar surface area (TPSA) is 73.3 Å². The van der Waals surface area contributed by atoms with Crippen LogP contribution in [0, 0.1) is 22.7 Å². The third-order valence-electron chi connectivity index (χ3n) is 8.07. The van der Waals surface area contributed by atoms with Gasteiger partial charge in [-0.2, -0.15) is 0 Å². The average molecular weight is 422 g/mol. The fourth-order valence-electron chi connectivity index (χ4n) is 6.58. The molecule has 1 aromatic carbocycles.